The number of hydrogen-bond donors (Lipinski definition) is 3. The topological polar surface area (TPSA) is 136 Å². The van der Waals surface area contributed by atoms with Crippen LogP contribution in [-0.2, 0) is 14.4 Å². The van der Waals surface area contributed by atoms with Crippen LogP contribution in [0.2, 0.25) is 0 Å². The minimum atomic E-state index is -1.30. The molecule has 43 heavy (non-hydrogen) atoms. The molecule has 1 aliphatic carbocycles. The first kappa shape index (κ1) is 31.7. The summed E-state index contributed by atoms with van der Waals surface area (Å²) in [7, 11) is 0. The summed E-state index contributed by atoms with van der Waals surface area (Å²) < 4.78 is 45.0. The van der Waals surface area contributed by atoms with Gasteiger partial charge in [-0.05, 0) is 68.3 Å². The van der Waals surface area contributed by atoms with Crippen molar-refractivity contribution in [3.63, 3.8) is 0 Å². The van der Waals surface area contributed by atoms with Crippen LogP contribution < -0.4 is 24.8 Å². The molecule has 0 spiro atoms. The second-order valence-electron chi connectivity index (χ2n) is 9.49. The fourth-order valence-corrected chi connectivity index (χ4v) is 4.23. The van der Waals surface area contributed by atoms with E-state index in [1.807, 2.05) is 0 Å². The zero-order chi connectivity index (χ0) is 29.9. The van der Waals surface area contributed by atoms with E-state index in [-0.39, 0.29) is 64.8 Å². The molecular formula is C30H26F2N3NaO7. The van der Waals surface area contributed by atoms with E-state index in [1.54, 1.807) is 13.0 Å². The number of carbonyl (C=O) groups is 3. The molecule has 0 bridgehead atoms. The van der Waals surface area contributed by atoms with Crippen LogP contribution in [0, 0.1) is 17.0 Å². The van der Waals surface area contributed by atoms with Crippen molar-refractivity contribution in [3.8, 4) is 23.0 Å². The van der Waals surface area contributed by atoms with Crippen LogP contribution in [0.15, 0.2) is 66.9 Å². The number of fused-ring (bicyclic) bond motifs is 1. The summed E-state index contributed by atoms with van der Waals surface area (Å²) in [6, 6.07) is 13.6. The quantitative estimate of drug-likeness (QED) is 0.164. The van der Waals surface area contributed by atoms with E-state index in [1.165, 1.54) is 54.7 Å². The Bertz CT molecular complexity index is 1680. The normalized spacial score (nSPS) is 12.9. The van der Waals surface area contributed by atoms with Crippen molar-refractivity contribution < 1.29 is 42.5 Å². The predicted molar refractivity (Wildman–Crippen MR) is 155 cm³/mol. The Kier molecular flexibility index (Phi) is 9.84. The van der Waals surface area contributed by atoms with Crippen LogP contribution in [0.1, 0.15) is 19.8 Å². The Hall–Kier alpha value is -4.26. The molecule has 0 saturated heterocycles. The van der Waals surface area contributed by atoms with E-state index < -0.39 is 41.4 Å². The Morgan fingerprint density at radius 3 is 2.14 bits per heavy atom. The van der Waals surface area contributed by atoms with Gasteiger partial charge >= 0.3 is 35.5 Å². The molecule has 218 valence electrons. The number of anilines is 2. The first-order valence-corrected chi connectivity index (χ1v) is 12.9. The summed E-state index contributed by atoms with van der Waals surface area (Å²) in [5, 5.41) is 14.6. The van der Waals surface area contributed by atoms with Crippen molar-refractivity contribution in [2.75, 3.05) is 23.8 Å². The van der Waals surface area contributed by atoms with Gasteiger partial charge < -0.3 is 30.0 Å². The van der Waals surface area contributed by atoms with Gasteiger partial charge in [-0.2, -0.15) is 0 Å². The fourth-order valence-electron chi connectivity index (χ4n) is 4.23. The van der Waals surface area contributed by atoms with Gasteiger partial charge in [-0.15, -0.1) is 0 Å². The minimum absolute atomic E-state index is 0. The number of hydrogen-bond acceptors (Lipinski definition) is 7. The molecule has 5 rings (SSSR count). The van der Waals surface area contributed by atoms with Crippen molar-refractivity contribution in [1.82, 2.24) is 4.98 Å². The monoisotopic (exact) mass is 601 g/mol. The van der Waals surface area contributed by atoms with Crippen molar-refractivity contribution in [2.24, 2.45) is 5.41 Å². The van der Waals surface area contributed by atoms with Crippen LogP contribution in [-0.4, -0.2) is 70.6 Å². The van der Waals surface area contributed by atoms with Crippen molar-refractivity contribution in [2.45, 2.75) is 19.8 Å². The molecule has 1 saturated carbocycles. The number of carboxylic acid groups (broad SMARTS) is 1. The zero-order valence-corrected chi connectivity index (χ0v) is 22.3. The number of halogens is 2. The first-order chi connectivity index (χ1) is 20.2. The van der Waals surface area contributed by atoms with E-state index >= 15 is 4.39 Å². The number of carbonyl (C=O) groups excluding carboxylic acids is 2. The SMILES string of the molecule is CCOc1cc2c(Oc3ccc(NC(=O)C4(C(=O)Nc5ccc(F)cc5)CC4)cc3F)ccnc2cc1OCC(=O)O.[NaH]. The van der Waals surface area contributed by atoms with E-state index in [4.69, 9.17) is 19.3 Å². The molecule has 1 aromatic heterocycles. The summed E-state index contributed by atoms with van der Waals surface area (Å²) in [4.78, 5) is 41.0. The van der Waals surface area contributed by atoms with Gasteiger partial charge in [0.05, 0.1) is 12.1 Å². The second kappa shape index (κ2) is 13.4. The molecule has 1 heterocycles. The van der Waals surface area contributed by atoms with Gasteiger partial charge in [0.1, 0.15) is 17.0 Å². The van der Waals surface area contributed by atoms with Gasteiger partial charge in [-0.3, -0.25) is 14.6 Å². The van der Waals surface area contributed by atoms with Crippen molar-refractivity contribution in [3.05, 3.63) is 78.5 Å². The van der Waals surface area contributed by atoms with Crippen molar-refractivity contribution in [1.29, 1.82) is 0 Å². The molecule has 1 fully saturated rings. The fraction of sp³-hybridized carbons (Fsp3) is 0.200. The van der Waals surface area contributed by atoms with Crippen molar-refractivity contribution >= 4 is 69.6 Å². The number of aliphatic carboxylic acids is 1. The molecule has 0 unspecified atom stereocenters. The molecule has 0 atom stereocenters. The number of aromatic nitrogens is 1. The third kappa shape index (κ3) is 7.22. The van der Waals surface area contributed by atoms with Gasteiger partial charge in [-0.1, -0.05) is 0 Å². The molecule has 3 aromatic carbocycles. The third-order valence-electron chi connectivity index (χ3n) is 6.55. The van der Waals surface area contributed by atoms with Crippen LogP contribution in [0.5, 0.6) is 23.0 Å². The molecule has 13 heteroatoms. The van der Waals surface area contributed by atoms with Crippen LogP contribution >= 0.6 is 0 Å². The number of ether oxygens (including phenoxy) is 3. The Balaban J connectivity index is 0.00000423. The molecular weight excluding hydrogens is 575 g/mol. The molecule has 3 N–H and O–H groups in total. The first-order valence-electron chi connectivity index (χ1n) is 12.9. The standard InChI is InChI=1S/C30H25F2N3O7.Na.H/c1-2-40-25-14-20-22(15-26(25)41-16-27(36)37)33-12-9-23(20)42-24-8-7-19(13-21(24)32)35-29(39)30(10-11-30)28(38)34-18-5-3-17(31)4-6-18;;/h3-9,12-15H,2,10-11,16H2,1H3,(H,34,38)(H,35,39)(H,36,37);;. The number of benzene rings is 3. The van der Waals surface area contributed by atoms with Crippen LogP contribution in [0.25, 0.3) is 10.9 Å². The van der Waals surface area contributed by atoms with Gasteiger partial charge in [0.25, 0.3) is 0 Å². The maximum absolute atomic E-state index is 15.1. The summed E-state index contributed by atoms with van der Waals surface area (Å²) >= 11 is 0. The predicted octanol–water partition coefficient (Wildman–Crippen LogP) is 4.88. The molecule has 2 amide bonds. The Labute approximate surface area is 266 Å². The average molecular weight is 602 g/mol. The number of rotatable bonds is 11. The van der Waals surface area contributed by atoms with Gasteiger partial charge in [0.2, 0.25) is 11.8 Å². The van der Waals surface area contributed by atoms with Gasteiger partial charge in [-0.25, -0.2) is 13.6 Å². The van der Waals surface area contributed by atoms with E-state index in [0.717, 1.165) is 6.07 Å². The average Bonchev–Trinajstić information content (AvgIpc) is 3.77. The number of amides is 2. The summed E-state index contributed by atoms with van der Waals surface area (Å²) in [5.74, 6) is -2.94. The van der Waals surface area contributed by atoms with E-state index in [2.05, 4.69) is 15.6 Å². The van der Waals surface area contributed by atoms with Crippen LogP contribution in [0.3, 0.4) is 0 Å². The Morgan fingerprint density at radius 2 is 1.51 bits per heavy atom. The summed E-state index contributed by atoms with van der Waals surface area (Å²) in [6.07, 6.45) is 2.08. The maximum atomic E-state index is 15.1. The van der Waals surface area contributed by atoms with E-state index in [0.29, 0.717) is 29.4 Å². The number of pyridine rings is 1. The van der Waals surface area contributed by atoms with Gasteiger partial charge in [0, 0.05) is 35.1 Å². The third-order valence-corrected chi connectivity index (χ3v) is 6.55. The molecule has 0 aliphatic heterocycles. The number of nitrogens with zero attached hydrogens (tertiary/aromatic N) is 1. The Morgan fingerprint density at radius 1 is 0.860 bits per heavy atom. The second-order valence-corrected chi connectivity index (χ2v) is 9.49. The number of carboxylic acids is 1. The van der Waals surface area contributed by atoms with E-state index in [9.17, 15) is 18.8 Å². The molecule has 4 aromatic rings. The zero-order valence-electron chi connectivity index (χ0n) is 22.3. The summed E-state index contributed by atoms with van der Waals surface area (Å²) in [5.41, 5.74) is -0.422. The molecule has 0 radical (unpaired) electrons. The number of nitrogens with one attached hydrogen (secondary N) is 2. The molecule has 10 nitrogen and oxygen atoms in total. The van der Waals surface area contributed by atoms with Crippen LogP contribution in [0.4, 0.5) is 20.2 Å². The van der Waals surface area contributed by atoms with Gasteiger partial charge in [0.15, 0.2) is 29.7 Å². The summed E-state index contributed by atoms with van der Waals surface area (Å²) in [6.45, 7) is 1.46. The molecule has 1 aliphatic rings.